The average molecular weight is 213 g/mol. The summed E-state index contributed by atoms with van der Waals surface area (Å²) in [5.41, 5.74) is 0. The van der Waals surface area contributed by atoms with Crippen LogP contribution in [0.25, 0.3) is 0 Å². The van der Waals surface area contributed by atoms with Gasteiger partial charge in [0.25, 0.3) is 0 Å². The second kappa shape index (κ2) is 4.88. The van der Waals surface area contributed by atoms with Crippen LogP contribution in [0.5, 0.6) is 0 Å². The third-order valence-corrected chi connectivity index (χ3v) is 1.84. The number of ether oxygens (including phenoxy) is 1. The highest BCUT2D eigenvalue weighted by atomic mass is 16.5. The van der Waals surface area contributed by atoms with Gasteiger partial charge < -0.3 is 9.84 Å². The fourth-order valence-corrected chi connectivity index (χ4v) is 1.04. The number of rotatable bonds is 5. The third-order valence-electron chi connectivity index (χ3n) is 1.84. The number of nitrogens with zero attached hydrogens (tertiary/aromatic N) is 3. The van der Waals surface area contributed by atoms with Crippen LogP contribution < -0.4 is 0 Å². The quantitative estimate of drug-likeness (QED) is 0.772. The first-order valence-electron chi connectivity index (χ1n) is 4.70. The molecule has 6 nitrogen and oxygen atoms in total. The Bertz CT molecular complexity index is 346. The Hall–Kier alpha value is -1.43. The maximum atomic E-state index is 10.2. The van der Waals surface area contributed by atoms with Gasteiger partial charge in [-0.05, 0) is 0 Å². The minimum absolute atomic E-state index is 0.169. The second-order valence-corrected chi connectivity index (χ2v) is 3.55. The van der Waals surface area contributed by atoms with Crippen molar-refractivity contribution < 1.29 is 14.6 Å². The van der Waals surface area contributed by atoms with Crippen molar-refractivity contribution in [1.29, 1.82) is 0 Å². The number of carboxylic acid groups (broad SMARTS) is 1. The molecule has 1 heterocycles. The van der Waals surface area contributed by atoms with Crippen molar-refractivity contribution >= 4 is 5.97 Å². The zero-order valence-electron chi connectivity index (χ0n) is 9.10. The zero-order chi connectivity index (χ0) is 11.4. The molecule has 0 aliphatic carbocycles. The lowest BCUT2D eigenvalue weighted by molar-refractivity contribution is -0.142. The third kappa shape index (κ3) is 3.32. The fourth-order valence-electron chi connectivity index (χ4n) is 1.04. The first-order valence-corrected chi connectivity index (χ1v) is 4.70. The highest BCUT2D eigenvalue weighted by Gasteiger charge is 2.10. The molecule has 1 aromatic heterocycles. The van der Waals surface area contributed by atoms with Gasteiger partial charge >= 0.3 is 5.97 Å². The van der Waals surface area contributed by atoms with Crippen LogP contribution in [0.4, 0.5) is 0 Å². The van der Waals surface area contributed by atoms with E-state index in [1.54, 1.807) is 11.7 Å². The lowest BCUT2D eigenvalue weighted by Crippen LogP contribution is -2.09. The van der Waals surface area contributed by atoms with Crippen molar-refractivity contribution in [2.75, 3.05) is 6.61 Å². The Morgan fingerprint density at radius 3 is 2.73 bits per heavy atom. The van der Waals surface area contributed by atoms with Gasteiger partial charge in [-0.3, -0.25) is 4.68 Å². The van der Waals surface area contributed by atoms with E-state index in [1.165, 1.54) is 0 Å². The van der Waals surface area contributed by atoms with Crippen LogP contribution in [0.15, 0.2) is 0 Å². The first kappa shape index (κ1) is 11.6. The summed E-state index contributed by atoms with van der Waals surface area (Å²) >= 11 is 0. The van der Waals surface area contributed by atoms with Crippen LogP contribution in [-0.4, -0.2) is 32.4 Å². The molecule has 0 atom stereocenters. The molecule has 0 spiro atoms. The van der Waals surface area contributed by atoms with Crippen LogP contribution in [0.1, 0.15) is 31.4 Å². The Morgan fingerprint density at radius 1 is 1.60 bits per heavy atom. The molecular formula is C9H15N3O3. The minimum Gasteiger partial charge on any atom is -0.480 e. The van der Waals surface area contributed by atoms with Crippen molar-refractivity contribution in [3.63, 3.8) is 0 Å². The number of carbonyl (C=O) groups is 1. The van der Waals surface area contributed by atoms with Crippen molar-refractivity contribution in [3.05, 3.63) is 11.6 Å². The van der Waals surface area contributed by atoms with Crippen LogP contribution in [0.3, 0.4) is 0 Å². The summed E-state index contributed by atoms with van der Waals surface area (Å²) in [6, 6.07) is 0. The summed E-state index contributed by atoms with van der Waals surface area (Å²) < 4.78 is 6.54. The van der Waals surface area contributed by atoms with E-state index in [9.17, 15) is 4.79 Å². The van der Waals surface area contributed by atoms with Crippen LogP contribution in [0.2, 0.25) is 0 Å². The molecule has 0 aliphatic rings. The topological polar surface area (TPSA) is 77.2 Å². The number of carboxylic acids is 1. The Kier molecular flexibility index (Phi) is 3.79. The summed E-state index contributed by atoms with van der Waals surface area (Å²) in [5.74, 6) is 0.650. The van der Waals surface area contributed by atoms with E-state index in [0.717, 1.165) is 5.82 Å². The van der Waals surface area contributed by atoms with Gasteiger partial charge in [0.1, 0.15) is 13.2 Å². The Labute approximate surface area is 87.9 Å². The van der Waals surface area contributed by atoms with Crippen molar-refractivity contribution in [3.8, 4) is 0 Å². The highest BCUT2D eigenvalue weighted by molar-refractivity contribution is 5.67. The minimum atomic E-state index is -0.985. The Balaban J connectivity index is 2.57. The summed E-state index contributed by atoms with van der Waals surface area (Å²) in [6.45, 7) is 3.85. The molecule has 15 heavy (non-hydrogen) atoms. The van der Waals surface area contributed by atoms with E-state index in [-0.39, 0.29) is 19.1 Å². The molecule has 0 radical (unpaired) electrons. The highest BCUT2D eigenvalue weighted by Crippen LogP contribution is 2.09. The number of aromatic nitrogens is 3. The van der Waals surface area contributed by atoms with Gasteiger partial charge in [0.15, 0.2) is 11.6 Å². The molecule has 0 aromatic carbocycles. The molecule has 6 heteroatoms. The summed E-state index contributed by atoms with van der Waals surface area (Å²) in [7, 11) is 1.76. The zero-order valence-corrected chi connectivity index (χ0v) is 9.10. The van der Waals surface area contributed by atoms with E-state index in [2.05, 4.69) is 10.1 Å². The van der Waals surface area contributed by atoms with Gasteiger partial charge in [0.2, 0.25) is 0 Å². The smallest absolute Gasteiger partial charge is 0.329 e. The molecule has 84 valence electrons. The SMILES string of the molecule is CC(C)c1nc(COCC(=O)O)n(C)n1. The van der Waals surface area contributed by atoms with Gasteiger partial charge in [0, 0.05) is 13.0 Å². The van der Waals surface area contributed by atoms with Gasteiger partial charge in [-0.15, -0.1) is 0 Å². The lowest BCUT2D eigenvalue weighted by atomic mass is 10.2. The Morgan fingerprint density at radius 2 is 2.27 bits per heavy atom. The summed E-state index contributed by atoms with van der Waals surface area (Å²) in [5, 5.41) is 12.6. The molecule has 1 aromatic rings. The number of aliphatic carboxylic acids is 1. The fraction of sp³-hybridized carbons (Fsp3) is 0.667. The average Bonchev–Trinajstić information content (AvgIpc) is 2.47. The molecule has 1 N–H and O–H groups in total. The number of hydrogen-bond donors (Lipinski definition) is 1. The standard InChI is InChI=1S/C9H15N3O3/c1-6(2)9-10-7(12(3)11-9)4-15-5-8(13)14/h6H,4-5H2,1-3H3,(H,13,14). The van der Waals surface area contributed by atoms with Gasteiger partial charge in [0.05, 0.1) is 0 Å². The molecule has 1 rings (SSSR count). The van der Waals surface area contributed by atoms with Gasteiger partial charge in [-0.1, -0.05) is 13.8 Å². The second-order valence-electron chi connectivity index (χ2n) is 3.55. The maximum absolute atomic E-state index is 10.2. The molecule has 0 saturated carbocycles. The summed E-state index contributed by atoms with van der Waals surface area (Å²) in [4.78, 5) is 14.5. The van der Waals surface area contributed by atoms with Crippen molar-refractivity contribution in [2.45, 2.75) is 26.4 Å². The predicted octanol–water partition coefficient (Wildman–Crippen LogP) is 0.540. The predicted molar refractivity (Wildman–Crippen MR) is 52.4 cm³/mol. The molecule has 0 amide bonds. The van der Waals surface area contributed by atoms with E-state index < -0.39 is 5.97 Å². The normalized spacial score (nSPS) is 10.9. The molecular weight excluding hydrogens is 198 g/mol. The molecule has 0 saturated heterocycles. The largest absolute Gasteiger partial charge is 0.480 e. The monoisotopic (exact) mass is 213 g/mol. The van der Waals surface area contributed by atoms with E-state index >= 15 is 0 Å². The van der Waals surface area contributed by atoms with Gasteiger partial charge in [-0.2, -0.15) is 5.10 Å². The van der Waals surface area contributed by atoms with E-state index in [0.29, 0.717) is 5.82 Å². The van der Waals surface area contributed by atoms with Crippen LogP contribution in [-0.2, 0) is 23.2 Å². The first-order chi connectivity index (χ1) is 7.00. The number of hydrogen-bond acceptors (Lipinski definition) is 4. The van der Waals surface area contributed by atoms with E-state index in [4.69, 9.17) is 9.84 Å². The summed E-state index contributed by atoms with van der Waals surface area (Å²) in [6.07, 6.45) is 0. The van der Waals surface area contributed by atoms with Crippen molar-refractivity contribution in [2.24, 2.45) is 7.05 Å². The molecule has 0 unspecified atom stereocenters. The number of aryl methyl sites for hydroxylation is 1. The lowest BCUT2D eigenvalue weighted by Gasteiger charge is -1.99. The van der Waals surface area contributed by atoms with Gasteiger partial charge in [-0.25, -0.2) is 9.78 Å². The van der Waals surface area contributed by atoms with Crippen LogP contribution in [0, 0.1) is 0 Å². The van der Waals surface area contributed by atoms with Crippen LogP contribution >= 0.6 is 0 Å². The molecule has 0 fully saturated rings. The maximum Gasteiger partial charge on any atom is 0.329 e. The molecule has 0 bridgehead atoms. The van der Waals surface area contributed by atoms with Crippen molar-refractivity contribution in [1.82, 2.24) is 14.8 Å². The van der Waals surface area contributed by atoms with E-state index in [1.807, 2.05) is 13.8 Å². The molecule has 0 aliphatic heterocycles.